The summed E-state index contributed by atoms with van der Waals surface area (Å²) in [6.07, 6.45) is 0. The summed E-state index contributed by atoms with van der Waals surface area (Å²) in [7, 11) is 0. The second-order valence-corrected chi connectivity index (χ2v) is 0. The van der Waals surface area contributed by atoms with E-state index in [2.05, 4.69) is 0 Å². The number of hydrogen-bond acceptors (Lipinski definition) is 2. The Hall–Kier alpha value is 3.19. The molecule has 0 aromatic rings. The van der Waals surface area contributed by atoms with Crippen molar-refractivity contribution in [3.8, 4) is 0 Å². The molecule has 4 heavy (non-hydrogen) atoms. The van der Waals surface area contributed by atoms with Crippen molar-refractivity contribution in [1.29, 1.82) is 0 Å². The van der Waals surface area contributed by atoms with Gasteiger partial charge in [0.25, 0.3) is 0 Å². The van der Waals surface area contributed by atoms with Crippen LogP contribution in [0.3, 0.4) is 0 Å². The van der Waals surface area contributed by atoms with Crippen LogP contribution < -0.4 is 103 Å². The van der Waals surface area contributed by atoms with Crippen molar-refractivity contribution >= 4 is 0 Å². The Morgan fingerprint density at radius 1 is 0.500 bits per heavy atom. The van der Waals surface area contributed by atoms with Crippen LogP contribution in [0.4, 0.5) is 0 Å². The van der Waals surface area contributed by atoms with E-state index in [4.69, 9.17) is 0 Å². The molecule has 0 fully saturated rings. The standard InChI is InChI=1S/2K.2H2O/h;;2*1H2/q2*+1;;/p-2. The van der Waals surface area contributed by atoms with Gasteiger partial charge in [0, 0.05) is 0 Å². The number of hydrogen-bond donors (Lipinski definition) is 0. The molecule has 4 heteroatoms. The minimum absolute atomic E-state index is 0. The molecule has 0 aromatic heterocycles. The van der Waals surface area contributed by atoms with Crippen LogP contribution in [0.2, 0.25) is 0 Å². The molecular formula is H2K2O2. The van der Waals surface area contributed by atoms with Crippen LogP contribution in [0, 0.1) is 0 Å². The fourth-order valence-electron chi connectivity index (χ4n) is 0. The largest absolute Gasteiger partial charge is 1.00 e. The van der Waals surface area contributed by atoms with E-state index in [1.54, 1.807) is 0 Å². The maximum atomic E-state index is 0. The first-order valence-electron chi connectivity index (χ1n) is 0. The molecular weight excluding hydrogens is 110 g/mol. The molecule has 0 heterocycles. The SMILES string of the molecule is [K+].[K+].[OH-].[OH-]. The van der Waals surface area contributed by atoms with Crippen LogP contribution in [-0.2, 0) is 0 Å². The van der Waals surface area contributed by atoms with Gasteiger partial charge in [0.2, 0.25) is 0 Å². The zero-order valence-electron chi connectivity index (χ0n) is 2.89. The second-order valence-electron chi connectivity index (χ2n) is 0. The van der Waals surface area contributed by atoms with E-state index < -0.39 is 0 Å². The van der Waals surface area contributed by atoms with Crippen molar-refractivity contribution in [2.24, 2.45) is 0 Å². The molecule has 0 radical (unpaired) electrons. The fraction of sp³-hybridized carbons (Fsp3) is 0. The van der Waals surface area contributed by atoms with E-state index in [0.717, 1.165) is 0 Å². The van der Waals surface area contributed by atoms with Crippen LogP contribution in [0.1, 0.15) is 0 Å². The molecule has 0 aliphatic rings. The van der Waals surface area contributed by atoms with Crippen LogP contribution in [0.5, 0.6) is 0 Å². The summed E-state index contributed by atoms with van der Waals surface area (Å²) in [5.74, 6) is 0. The minimum atomic E-state index is 0. The summed E-state index contributed by atoms with van der Waals surface area (Å²) in [6.45, 7) is 0. The maximum absolute atomic E-state index is 0. The van der Waals surface area contributed by atoms with Gasteiger partial charge < -0.3 is 11.0 Å². The van der Waals surface area contributed by atoms with Crippen molar-refractivity contribution in [3.05, 3.63) is 0 Å². The molecule has 0 saturated carbocycles. The van der Waals surface area contributed by atoms with Crippen LogP contribution in [0.15, 0.2) is 0 Å². The maximum Gasteiger partial charge on any atom is 1.00 e. The summed E-state index contributed by atoms with van der Waals surface area (Å²) in [4.78, 5) is 0. The molecule has 0 bridgehead atoms. The van der Waals surface area contributed by atoms with Gasteiger partial charge in [-0.1, -0.05) is 0 Å². The van der Waals surface area contributed by atoms with Crippen LogP contribution >= 0.6 is 0 Å². The van der Waals surface area contributed by atoms with Gasteiger partial charge in [-0.3, -0.25) is 0 Å². The third-order valence-corrected chi connectivity index (χ3v) is 0. The summed E-state index contributed by atoms with van der Waals surface area (Å²) < 4.78 is 0. The van der Waals surface area contributed by atoms with Gasteiger partial charge in [0.1, 0.15) is 0 Å². The minimum Gasteiger partial charge on any atom is -0.870 e. The molecule has 0 aliphatic carbocycles. The quantitative estimate of drug-likeness (QED) is 0.293. The average molecular weight is 112 g/mol. The van der Waals surface area contributed by atoms with E-state index in [1.807, 2.05) is 0 Å². The molecule has 0 saturated heterocycles. The van der Waals surface area contributed by atoms with Crippen molar-refractivity contribution in [2.45, 2.75) is 0 Å². The van der Waals surface area contributed by atoms with Gasteiger partial charge in [-0.2, -0.15) is 0 Å². The molecule has 0 aliphatic heterocycles. The number of rotatable bonds is 0. The Morgan fingerprint density at radius 3 is 0.500 bits per heavy atom. The Labute approximate surface area is 110 Å². The Bertz CT molecular complexity index is 4.00. The summed E-state index contributed by atoms with van der Waals surface area (Å²) in [6, 6.07) is 0. The molecule has 2 nitrogen and oxygen atoms in total. The van der Waals surface area contributed by atoms with Gasteiger partial charge >= 0.3 is 103 Å². The first-order valence-corrected chi connectivity index (χ1v) is 0. The van der Waals surface area contributed by atoms with Gasteiger partial charge in [-0.25, -0.2) is 0 Å². The zero-order valence-corrected chi connectivity index (χ0v) is 9.14. The van der Waals surface area contributed by atoms with Gasteiger partial charge in [-0.05, 0) is 0 Å². The predicted molar refractivity (Wildman–Crippen MR) is 3.87 cm³/mol. The normalized spacial score (nSPS) is 0. The summed E-state index contributed by atoms with van der Waals surface area (Å²) >= 11 is 0. The smallest absolute Gasteiger partial charge is 0.870 e. The predicted octanol–water partition coefficient (Wildman–Crippen LogP) is -6.35. The van der Waals surface area contributed by atoms with Crippen molar-refractivity contribution in [2.75, 3.05) is 0 Å². The third kappa shape index (κ3) is 8.95. The Kier molecular flexibility index (Phi) is 111. The average Bonchev–Trinajstić information content (AvgIpc) is 0. The van der Waals surface area contributed by atoms with E-state index in [9.17, 15) is 0 Å². The topological polar surface area (TPSA) is 60.0 Å². The van der Waals surface area contributed by atoms with Crippen molar-refractivity contribution < 1.29 is 114 Å². The van der Waals surface area contributed by atoms with Gasteiger partial charge in [-0.15, -0.1) is 0 Å². The van der Waals surface area contributed by atoms with E-state index in [1.165, 1.54) is 0 Å². The first kappa shape index (κ1) is 27.1. The molecule has 0 amide bonds. The van der Waals surface area contributed by atoms with Gasteiger partial charge in [0.05, 0.1) is 0 Å². The van der Waals surface area contributed by atoms with Crippen LogP contribution in [-0.4, -0.2) is 11.0 Å². The molecule has 0 aromatic carbocycles. The summed E-state index contributed by atoms with van der Waals surface area (Å²) in [5, 5.41) is 0. The van der Waals surface area contributed by atoms with Crippen molar-refractivity contribution in [3.63, 3.8) is 0 Å². The monoisotopic (exact) mass is 112 g/mol. The molecule has 2 N–H and O–H groups in total. The Morgan fingerprint density at radius 2 is 0.500 bits per heavy atom. The fourth-order valence-corrected chi connectivity index (χ4v) is 0. The van der Waals surface area contributed by atoms with E-state index in [-0.39, 0.29) is 114 Å². The Balaban J connectivity index is 0. The molecule has 0 unspecified atom stereocenters. The molecule has 0 rings (SSSR count). The van der Waals surface area contributed by atoms with Gasteiger partial charge in [0.15, 0.2) is 0 Å². The second kappa shape index (κ2) is 16.4. The molecule has 0 atom stereocenters. The third-order valence-electron chi connectivity index (χ3n) is 0. The summed E-state index contributed by atoms with van der Waals surface area (Å²) in [5.41, 5.74) is 0. The molecule has 0 spiro atoms. The van der Waals surface area contributed by atoms with Crippen molar-refractivity contribution in [1.82, 2.24) is 0 Å². The van der Waals surface area contributed by atoms with Crippen LogP contribution in [0.25, 0.3) is 0 Å². The first-order chi connectivity index (χ1) is 0. The molecule has 16 valence electrons. The zero-order chi connectivity index (χ0) is 0. The van der Waals surface area contributed by atoms with E-state index >= 15 is 0 Å². The van der Waals surface area contributed by atoms with E-state index in [0.29, 0.717) is 0 Å².